The highest BCUT2D eigenvalue weighted by Gasteiger charge is 2.31. The fourth-order valence-electron chi connectivity index (χ4n) is 3.69. The number of amides is 1. The summed E-state index contributed by atoms with van der Waals surface area (Å²) in [5.41, 5.74) is 0.464. The molecule has 0 saturated heterocycles. The van der Waals surface area contributed by atoms with Crippen LogP contribution in [-0.4, -0.2) is 32.5 Å². The van der Waals surface area contributed by atoms with Crippen molar-refractivity contribution in [1.82, 2.24) is 20.1 Å². The molecular weight excluding hydrogens is 363 g/mol. The van der Waals surface area contributed by atoms with Crippen molar-refractivity contribution in [1.29, 1.82) is 0 Å². The third-order valence-corrected chi connectivity index (χ3v) is 6.19. The van der Waals surface area contributed by atoms with E-state index in [2.05, 4.69) is 15.5 Å². The highest BCUT2D eigenvalue weighted by molar-refractivity contribution is 7.99. The lowest BCUT2D eigenvalue weighted by Crippen LogP contribution is -2.35. The maximum Gasteiger partial charge on any atom is 0.230 e. The van der Waals surface area contributed by atoms with Gasteiger partial charge in [0.15, 0.2) is 11.0 Å². The van der Waals surface area contributed by atoms with Crippen LogP contribution < -0.4 is 5.32 Å². The van der Waals surface area contributed by atoms with E-state index in [1.165, 1.54) is 43.5 Å². The second-order valence-corrected chi connectivity index (χ2v) is 8.37. The van der Waals surface area contributed by atoms with Gasteiger partial charge in [-0.25, -0.2) is 4.39 Å². The number of nitrogens with zero attached hydrogens (tertiary/aromatic N) is 3. The van der Waals surface area contributed by atoms with Gasteiger partial charge in [-0.1, -0.05) is 49.6 Å². The summed E-state index contributed by atoms with van der Waals surface area (Å²) in [6.07, 6.45) is 9.16. The summed E-state index contributed by atoms with van der Waals surface area (Å²) in [5.74, 6) is 0.625. The predicted molar refractivity (Wildman–Crippen MR) is 104 cm³/mol. The molecule has 2 aliphatic rings. The van der Waals surface area contributed by atoms with Crippen LogP contribution in [0.5, 0.6) is 0 Å². The van der Waals surface area contributed by atoms with Crippen molar-refractivity contribution >= 4 is 17.7 Å². The quantitative estimate of drug-likeness (QED) is 0.590. The van der Waals surface area contributed by atoms with E-state index in [0.717, 1.165) is 25.7 Å². The number of carbonyl (C=O) groups is 1. The van der Waals surface area contributed by atoms with Gasteiger partial charge < -0.3 is 5.32 Å². The van der Waals surface area contributed by atoms with Crippen LogP contribution in [-0.2, 0) is 4.79 Å². The maximum absolute atomic E-state index is 14.2. The Morgan fingerprint density at radius 1 is 1.11 bits per heavy atom. The molecular formula is C20H25FN4OS. The molecule has 2 aliphatic carbocycles. The van der Waals surface area contributed by atoms with Crippen molar-refractivity contribution in [3.05, 3.63) is 30.1 Å². The summed E-state index contributed by atoms with van der Waals surface area (Å²) >= 11 is 1.39. The molecule has 27 heavy (non-hydrogen) atoms. The Morgan fingerprint density at radius 2 is 1.85 bits per heavy atom. The zero-order valence-corrected chi connectivity index (χ0v) is 16.2. The van der Waals surface area contributed by atoms with Gasteiger partial charge in [0.1, 0.15) is 5.82 Å². The Morgan fingerprint density at radius 3 is 2.56 bits per heavy atom. The van der Waals surface area contributed by atoms with Crippen molar-refractivity contribution in [2.75, 3.05) is 5.75 Å². The summed E-state index contributed by atoms with van der Waals surface area (Å²) in [6.45, 7) is 0. The van der Waals surface area contributed by atoms with Crippen molar-refractivity contribution in [2.24, 2.45) is 0 Å². The average molecular weight is 389 g/mol. The number of benzene rings is 1. The topological polar surface area (TPSA) is 59.8 Å². The first-order valence-electron chi connectivity index (χ1n) is 9.84. The molecule has 144 valence electrons. The fourth-order valence-corrected chi connectivity index (χ4v) is 4.50. The van der Waals surface area contributed by atoms with E-state index in [4.69, 9.17) is 0 Å². The van der Waals surface area contributed by atoms with Crippen LogP contribution in [0, 0.1) is 5.82 Å². The number of carbonyl (C=O) groups excluding carboxylic acids is 1. The molecule has 0 aliphatic heterocycles. The molecule has 1 aromatic carbocycles. The molecule has 1 amide bonds. The molecule has 7 heteroatoms. The normalized spacial score (nSPS) is 18.3. The molecule has 4 rings (SSSR count). The summed E-state index contributed by atoms with van der Waals surface area (Å²) in [6, 6.07) is 7.25. The molecule has 2 aromatic rings. The summed E-state index contributed by atoms with van der Waals surface area (Å²) in [4.78, 5) is 12.4. The largest absolute Gasteiger partial charge is 0.353 e. The highest BCUT2D eigenvalue weighted by Crippen LogP contribution is 2.41. The van der Waals surface area contributed by atoms with Gasteiger partial charge in [-0.05, 0) is 37.8 Å². The van der Waals surface area contributed by atoms with E-state index in [1.54, 1.807) is 18.2 Å². The van der Waals surface area contributed by atoms with Gasteiger partial charge in [0.25, 0.3) is 0 Å². The third-order valence-electron chi connectivity index (χ3n) is 5.24. The number of thioether (sulfide) groups is 1. The second-order valence-electron chi connectivity index (χ2n) is 7.43. The van der Waals surface area contributed by atoms with E-state index in [-0.39, 0.29) is 11.7 Å². The van der Waals surface area contributed by atoms with Crippen molar-refractivity contribution in [3.8, 4) is 11.4 Å². The molecule has 1 N–H and O–H groups in total. The SMILES string of the molecule is O=C(CSc1nnc(-c2ccccc2F)n1C1CC1)NC1CCCCCC1. The molecule has 1 aromatic heterocycles. The van der Waals surface area contributed by atoms with Crippen LogP contribution >= 0.6 is 11.8 Å². The molecule has 0 atom stereocenters. The number of hydrogen-bond donors (Lipinski definition) is 1. The monoisotopic (exact) mass is 388 g/mol. The standard InChI is InChI=1S/C20H25FN4OS/c21-17-10-6-5-9-16(17)19-23-24-20(25(19)15-11-12-15)27-13-18(26)22-14-7-3-1-2-4-8-14/h5-6,9-10,14-15H,1-4,7-8,11-13H2,(H,22,26). The van der Waals surface area contributed by atoms with Gasteiger partial charge in [0.2, 0.25) is 5.91 Å². The molecule has 2 fully saturated rings. The van der Waals surface area contributed by atoms with Gasteiger partial charge in [-0.15, -0.1) is 10.2 Å². The number of hydrogen-bond acceptors (Lipinski definition) is 4. The van der Waals surface area contributed by atoms with Gasteiger partial charge in [-0.2, -0.15) is 0 Å². The minimum absolute atomic E-state index is 0.0460. The predicted octanol–water partition coefficient (Wildman–Crippen LogP) is 4.35. The van der Waals surface area contributed by atoms with Gasteiger partial charge >= 0.3 is 0 Å². The molecule has 1 heterocycles. The molecule has 0 bridgehead atoms. The number of aromatic nitrogens is 3. The van der Waals surface area contributed by atoms with Crippen LogP contribution in [0.2, 0.25) is 0 Å². The second kappa shape index (κ2) is 8.42. The molecule has 0 unspecified atom stereocenters. The van der Waals surface area contributed by atoms with Crippen molar-refractivity contribution in [3.63, 3.8) is 0 Å². The number of rotatable bonds is 6. The van der Waals surface area contributed by atoms with Gasteiger partial charge in [0.05, 0.1) is 11.3 Å². The maximum atomic E-state index is 14.2. The Labute approximate surface area is 163 Å². The van der Waals surface area contributed by atoms with Crippen LogP contribution in [0.25, 0.3) is 11.4 Å². The molecule has 5 nitrogen and oxygen atoms in total. The molecule has 0 radical (unpaired) electrons. The van der Waals surface area contributed by atoms with E-state index < -0.39 is 0 Å². The zero-order chi connectivity index (χ0) is 18.6. The van der Waals surface area contributed by atoms with E-state index >= 15 is 0 Å². The lowest BCUT2D eigenvalue weighted by atomic mass is 10.1. The smallest absolute Gasteiger partial charge is 0.230 e. The Hall–Kier alpha value is -1.89. The van der Waals surface area contributed by atoms with E-state index in [0.29, 0.717) is 34.4 Å². The highest BCUT2D eigenvalue weighted by atomic mass is 32.2. The van der Waals surface area contributed by atoms with Crippen LogP contribution in [0.15, 0.2) is 29.4 Å². The zero-order valence-electron chi connectivity index (χ0n) is 15.4. The Kier molecular flexibility index (Phi) is 5.76. The first-order valence-corrected chi connectivity index (χ1v) is 10.8. The minimum atomic E-state index is -0.297. The number of nitrogens with one attached hydrogen (secondary N) is 1. The van der Waals surface area contributed by atoms with E-state index in [9.17, 15) is 9.18 Å². The van der Waals surface area contributed by atoms with Gasteiger partial charge in [0, 0.05) is 12.1 Å². The summed E-state index contributed by atoms with van der Waals surface area (Å²) in [7, 11) is 0. The fraction of sp³-hybridized carbons (Fsp3) is 0.550. The summed E-state index contributed by atoms with van der Waals surface area (Å²) < 4.78 is 16.2. The summed E-state index contributed by atoms with van der Waals surface area (Å²) in [5, 5.41) is 12.4. The first-order chi connectivity index (χ1) is 13.2. The third kappa shape index (κ3) is 4.51. The van der Waals surface area contributed by atoms with Crippen LogP contribution in [0.4, 0.5) is 4.39 Å². The lowest BCUT2D eigenvalue weighted by Gasteiger charge is -2.16. The van der Waals surface area contributed by atoms with E-state index in [1.807, 2.05) is 4.57 Å². The minimum Gasteiger partial charge on any atom is -0.353 e. The molecule has 0 spiro atoms. The average Bonchev–Trinajstić information content (AvgIpc) is 3.46. The van der Waals surface area contributed by atoms with Crippen molar-refractivity contribution in [2.45, 2.75) is 68.6 Å². The first kappa shape index (κ1) is 18.5. The van der Waals surface area contributed by atoms with Crippen molar-refractivity contribution < 1.29 is 9.18 Å². The number of halogens is 1. The Balaban J connectivity index is 1.43. The van der Waals surface area contributed by atoms with Gasteiger partial charge in [-0.3, -0.25) is 9.36 Å². The Bertz CT molecular complexity index is 797. The molecule has 2 saturated carbocycles. The van der Waals surface area contributed by atoms with Crippen LogP contribution in [0.1, 0.15) is 57.4 Å². The van der Waals surface area contributed by atoms with Crippen LogP contribution in [0.3, 0.4) is 0 Å². The lowest BCUT2D eigenvalue weighted by molar-refractivity contribution is -0.119.